The number of fused-ring (bicyclic) bond motifs is 3. The van der Waals surface area contributed by atoms with Gasteiger partial charge in [-0.1, -0.05) is 0 Å². The van der Waals surface area contributed by atoms with Crippen molar-refractivity contribution < 1.29 is 42.9 Å². The molecule has 3 aliphatic heterocycles. The number of benzene rings is 2. The average Bonchev–Trinajstić information content (AvgIpc) is 3.46. The minimum atomic E-state index is -0.695. The minimum Gasteiger partial charge on any atom is -0.492 e. The largest absolute Gasteiger partial charge is 0.492 e. The van der Waals surface area contributed by atoms with E-state index in [2.05, 4.69) is 7.05 Å². The normalized spacial score (nSPS) is 21.5. The highest BCUT2D eigenvalue weighted by atomic mass is 16.7. The van der Waals surface area contributed by atoms with E-state index in [1.807, 2.05) is 26.8 Å². The van der Waals surface area contributed by atoms with E-state index in [0.29, 0.717) is 59.9 Å². The van der Waals surface area contributed by atoms with E-state index in [9.17, 15) is 4.79 Å². The molecule has 5 rings (SSSR count). The van der Waals surface area contributed by atoms with Crippen LogP contribution in [-0.4, -0.2) is 53.3 Å². The van der Waals surface area contributed by atoms with Crippen molar-refractivity contribution in [2.45, 2.75) is 39.3 Å². The predicted molar refractivity (Wildman–Crippen MR) is 130 cm³/mol. The van der Waals surface area contributed by atoms with Gasteiger partial charge in [0.25, 0.3) is 0 Å². The molecule has 0 fully saturated rings. The number of quaternary nitrogens is 1. The van der Waals surface area contributed by atoms with Crippen LogP contribution in [0.3, 0.4) is 0 Å². The summed E-state index contributed by atoms with van der Waals surface area (Å²) in [5.41, 5.74) is 9.54. The van der Waals surface area contributed by atoms with E-state index in [-0.39, 0.29) is 24.1 Å². The second-order valence-electron chi connectivity index (χ2n) is 8.86. The standard InChI is InChI=1S/C26H32N2O8/c1-6-31-23-17-16(18(27)24(32-7-2)25(23)33-8-3)26(29)36-21(17)19-15-13(9-10-28(19)4)11-14-20(22(15)30-5)35-12-34-14/h11,19,21H,6-10,12,27H2,1-5H3/p+1. The van der Waals surface area contributed by atoms with Gasteiger partial charge in [-0.25, -0.2) is 4.79 Å². The van der Waals surface area contributed by atoms with Gasteiger partial charge in [0.1, 0.15) is 0 Å². The number of carbonyl (C=O) groups excluding carboxylic acids is 1. The van der Waals surface area contributed by atoms with E-state index >= 15 is 0 Å². The molecule has 0 spiro atoms. The van der Waals surface area contributed by atoms with Crippen LogP contribution < -0.4 is 39.1 Å². The third kappa shape index (κ3) is 3.54. The van der Waals surface area contributed by atoms with Crippen LogP contribution in [0, 0.1) is 0 Å². The number of rotatable bonds is 8. The predicted octanol–water partition coefficient (Wildman–Crippen LogP) is 2.23. The first kappa shape index (κ1) is 24.2. The quantitative estimate of drug-likeness (QED) is 0.415. The van der Waals surface area contributed by atoms with E-state index in [1.54, 1.807) is 7.11 Å². The first-order valence-corrected chi connectivity index (χ1v) is 12.4. The molecule has 10 nitrogen and oxygen atoms in total. The Morgan fingerprint density at radius 3 is 2.39 bits per heavy atom. The summed E-state index contributed by atoms with van der Waals surface area (Å²) < 4.78 is 41.3. The van der Waals surface area contributed by atoms with Crippen molar-refractivity contribution in [2.24, 2.45) is 0 Å². The Morgan fingerprint density at radius 1 is 1.00 bits per heavy atom. The molecule has 0 saturated heterocycles. The minimum absolute atomic E-state index is 0.131. The summed E-state index contributed by atoms with van der Waals surface area (Å²) >= 11 is 0. The van der Waals surface area contributed by atoms with E-state index in [4.69, 9.17) is 38.9 Å². The molecule has 3 unspecified atom stereocenters. The number of likely N-dealkylation sites (N-methyl/N-ethyl adjacent to an activating group) is 1. The Morgan fingerprint density at radius 2 is 1.69 bits per heavy atom. The molecule has 0 radical (unpaired) electrons. The molecule has 3 atom stereocenters. The van der Waals surface area contributed by atoms with Gasteiger partial charge in [0.05, 0.1) is 62.9 Å². The maximum absolute atomic E-state index is 13.3. The first-order valence-electron chi connectivity index (χ1n) is 12.4. The fraction of sp³-hybridized carbons (Fsp3) is 0.500. The topological polar surface area (TPSA) is 112 Å². The summed E-state index contributed by atoms with van der Waals surface area (Å²) in [6.07, 6.45) is 0.117. The number of nitrogen functional groups attached to an aromatic ring is 1. The van der Waals surface area contributed by atoms with Crippen molar-refractivity contribution in [3.63, 3.8) is 0 Å². The average molecular weight is 502 g/mol. The van der Waals surface area contributed by atoms with Gasteiger partial charge in [0.2, 0.25) is 18.3 Å². The molecule has 3 aliphatic rings. The first-order chi connectivity index (χ1) is 17.5. The van der Waals surface area contributed by atoms with Crippen LogP contribution in [0.1, 0.15) is 60.0 Å². The zero-order valence-electron chi connectivity index (χ0n) is 21.3. The third-order valence-electron chi connectivity index (χ3n) is 6.91. The van der Waals surface area contributed by atoms with Gasteiger partial charge in [-0.3, -0.25) is 0 Å². The molecule has 0 aliphatic carbocycles. The van der Waals surface area contributed by atoms with Crippen LogP contribution in [0.15, 0.2) is 6.07 Å². The number of anilines is 1. The Kier molecular flexibility index (Phi) is 6.38. The lowest BCUT2D eigenvalue weighted by Crippen LogP contribution is -3.11. The SMILES string of the molecule is CCOc1c(N)c2c(c(OCC)c1OCC)C(C1c3c(cc4c(c3OC)OCO4)CC[NH+]1C)OC2=O. The van der Waals surface area contributed by atoms with Crippen molar-refractivity contribution in [2.75, 3.05) is 53.0 Å². The molecule has 0 bridgehead atoms. The van der Waals surface area contributed by atoms with Gasteiger partial charge < -0.3 is 43.8 Å². The van der Waals surface area contributed by atoms with Crippen LogP contribution in [0.4, 0.5) is 5.69 Å². The van der Waals surface area contributed by atoms with Crippen LogP contribution in [0.5, 0.6) is 34.5 Å². The summed E-state index contributed by atoms with van der Waals surface area (Å²) in [6.45, 7) is 7.61. The van der Waals surface area contributed by atoms with Gasteiger partial charge in [0, 0.05) is 6.42 Å². The number of cyclic esters (lactones) is 1. The molecule has 3 N–H and O–H groups in total. The summed E-state index contributed by atoms with van der Waals surface area (Å²) in [5, 5.41) is 0. The molecule has 0 aromatic heterocycles. The van der Waals surface area contributed by atoms with Gasteiger partial charge in [0.15, 0.2) is 35.1 Å². The van der Waals surface area contributed by atoms with E-state index in [1.165, 1.54) is 0 Å². The molecule has 3 heterocycles. The molecule has 36 heavy (non-hydrogen) atoms. The third-order valence-corrected chi connectivity index (χ3v) is 6.91. The van der Waals surface area contributed by atoms with E-state index in [0.717, 1.165) is 29.0 Å². The summed E-state index contributed by atoms with van der Waals surface area (Å²) in [5.74, 6) is 2.39. The maximum Gasteiger partial charge on any atom is 0.341 e. The Labute approximate surface area is 210 Å². The number of nitrogens with two attached hydrogens (primary N) is 1. The van der Waals surface area contributed by atoms with Gasteiger partial charge in [-0.2, -0.15) is 0 Å². The van der Waals surface area contributed by atoms with Crippen molar-refractivity contribution in [1.82, 2.24) is 0 Å². The lowest BCUT2D eigenvalue weighted by Gasteiger charge is -2.36. The Hall–Kier alpha value is -3.53. The molecule has 194 valence electrons. The monoisotopic (exact) mass is 501 g/mol. The lowest BCUT2D eigenvalue weighted by molar-refractivity contribution is -0.919. The number of ether oxygens (including phenoxy) is 7. The van der Waals surface area contributed by atoms with Gasteiger partial charge in [-0.05, 0) is 32.4 Å². The summed E-state index contributed by atoms with van der Waals surface area (Å²) in [6, 6.07) is 1.69. The number of methoxy groups -OCH3 is 1. The molecule has 2 aromatic carbocycles. The smallest absolute Gasteiger partial charge is 0.341 e. The van der Waals surface area contributed by atoms with Crippen LogP contribution >= 0.6 is 0 Å². The fourth-order valence-electron chi connectivity index (χ4n) is 5.50. The Balaban J connectivity index is 1.76. The second-order valence-corrected chi connectivity index (χ2v) is 8.86. The fourth-order valence-corrected chi connectivity index (χ4v) is 5.50. The van der Waals surface area contributed by atoms with Crippen LogP contribution in [0.2, 0.25) is 0 Å². The Bertz CT molecular complexity index is 1200. The molecule has 10 heteroatoms. The molecule has 2 aromatic rings. The van der Waals surface area contributed by atoms with Crippen LogP contribution in [-0.2, 0) is 11.2 Å². The zero-order valence-corrected chi connectivity index (χ0v) is 21.3. The van der Waals surface area contributed by atoms with Gasteiger partial charge >= 0.3 is 5.97 Å². The number of hydrogen-bond donors (Lipinski definition) is 2. The zero-order chi connectivity index (χ0) is 25.6. The van der Waals surface area contributed by atoms with Crippen LogP contribution in [0.25, 0.3) is 0 Å². The van der Waals surface area contributed by atoms with Crippen molar-refractivity contribution in [3.05, 3.63) is 28.3 Å². The highest BCUT2D eigenvalue weighted by molar-refractivity contribution is 6.03. The van der Waals surface area contributed by atoms with Gasteiger partial charge in [-0.15, -0.1) is 0 Å². The molecule has 0 amide bonds. The van der Waals surface area contributed by atoms with Crippen molar-refractivity contribution in [3.8, 4) is 34.5 Å². The highest BCUT2D eigenvalue weighted by Crippen LogP contribution is 2.57. The maximum atomic E-state index is 13.3. The number of esters is 1. The molecule has 0 saturated carbocycles. The summed E-state index contributed by atoms with van der Waals surface area (Å²) in [4.78, 5) is 14.5. The highest BCUT2D eigenvalue weighted by Gasteiger charge is 2.51. The van der Waals surface area contributed by atoms with E-state index < -0.39 is 12.1 Å². The summed E-state index contributed by atoms with van der Waals surface area (Å²) in [7, 11) is 3.68. The van der Waals surface area contributed by atoms with Crippen molar-refractivity contribution >= 4 is 11.7 Å². The second kappa shape index (κ2) is 9.50. The number of hydrogen-bond acceptors (Lipinski definition) is 9. The number of nitrogens with one attached hydrogen (secondary N) is 1. The van der Waals surface area contributed by atoms with Crippen molar-refractivity contribution in [1.29, 1.82) is 0 Å². The number of carbonyl (C=O) groups is 1. The lowest BCUT2D eigenvalue weighted by atomic mass is 9.85. The molecular formula is C26H33N2O8+. The molecular weight excluding hydrogens is 468 g/mol.